The van der Waals surface area contributed by atoms with Crippen molar-refractivity contribution in [3.05, 3.63) is 22.3 Å². The first-order valence-electron chi connectivity index (χ1n) is 11.0. The molecule has 0 aromatic heterocycles. The summed E-state index contributed by atoms with van der Waals surface area (Å²) in [6.07, 6.45) is 7.02. The van der Waals surface area contributed by atoms with Crippen LogP contribution in [-0.2, 0) is 4.74 Å². The van der Waals surface area contributed by atoms with Gasteiger partial charge in [0.1, 0.15) is 5.76 Å². The van der Waals surface area contributed by atoms with Gasteiger partial charge in [0.05, 0.1) is 0 Å². The molecule has 4 heterocycles. The lowest BCUT2D eigenvalue weighted by atomic mass is 9.73. The van der Waals surface area contributed by atoms with Crippen molar-refractivity contribution >= 4 is 17.5 Å². The summed E-state index contributed by atoms with van der Waals surface area (Å²) in [4.78, 5) is 6.12. The number of ether oxygens (including phenoxy) is 1. The Balaban J connectivity index is 1.48. The van der Waals surface area contributed by atoms with Crippen molar-refractivity contribution in [1.82, 2.24) is 5.32 Å². The Bertz CT molecular complexity index is 729. The second kappa shape index (κ2) is 5.91. The Labute approximate surface area is 153 Å². The monoisotopic (exact) mass is 347 g/mol. The molecule has 6 atom stereocenters. The summed E-state index contributed by atoms with van der Waals surface area (Å²) in [6, 6.07) is 0.374. The molecule has 3 unspecified atom stereocenters. The molecule has 3 nitrogen and oxygen atoms in total. The largest absolute Gasteiger partial charge is 0.472 e. The molecule has 130 valence electrons. The normalized spacial score (nSPS) is 46.6. The highest BCUT2D eigenvalue weighted by Gasteiger charge is 2.48. The Morgan fingerprint density at radius 3 is 3.25 bits per heavy atom. The van der Waals surface area contributed by atoms with Gasteiger partial charge in [0.2, 0.25) is 0 Å². The second-order valence-electron chi connectivity index (χ2n) is 7.98. The lowest BCUT2D eigenvalue weighted by molar-refractivity contribution is 0.127. The first-order chi connectivity index (χ1) is 12.9. The van der Waals surface area contributed by atoms with Gasteiger partial charge >= 0.3 is 0 Å². The molecule has 5 aliphatic rings. The van der Waals surface area contributed by atoms with Crippen LogP contribution < -0.4 is 5.32 Å². The third-order valence-electron chi connectivity index (χ3n) is 6.57. The van der Waals surface area contributed by atoms with Crippen LogP contribution in [0.1, 0.15) is 50.0 Å². The topological polar surface area (TPSA) is 33.6 Å². The molecule has 2 saturated heterocycles. The summed E-state index contributed by atoms with van der Waals surface area (Å²) in [6.45, 7) is 1.22. The molecule has 24 heavy (non-hydrogen) atoms. The van der Waals surface area contributed by atoms with Crippen LogP contribution in [0.5, 0.6) is 0 Å². The average Bonchev–Trinajstić information content (AvgIpc) is 3.21. The van der Waals surface area contributed by atoms with E-state index in [1.807, 2.05) is 11.8 Å². The molecule has 0 aromatic carbocycles. The minimum Gasteiger partial charge on any atom is -0.472 e. The molecule has 0 bridgehead atoms. The highest BCUT2D eigenvalue weighted by atomic mass is 32.2. The predicted molar refractivity (Wildman–Crippen MR) is 100 cm³/mol. The number of allylic oxidation sites excluding steroid dienone is 1. The molecule has 0 radical (unpaired) electrons. The van der Waals surface area contributed by atoms with Crippen molar-refractivity contribution < 1.29 is 8.85 Å². The van der Waals surface area contributed by atoms with Gasteiger partial charge in [-0.15, -0.1) is 11.8 Å². The lowest BCUT2D eigenvalue weighted by Crippen LogP contribution is -2.44. The zero-order valence-corrected chi connectivity index (χ0v) is 15.1. The van der Waals surface area contributed by atoms with Crippen molar-refractivity contribution in [3.8, 4) is 0 Å². The number of hydrogen-bond donors (Lipinski definition) is 1. The van der Waals surface area contributed by atoms with Gasteiger partial charge in [0.25, 0.3) is 0 Å². The molecular formula is C20H28N2OS. The molecule has 0 aromatic rings. The van der Waals surface area contributed by atoms with Crippen LogP contribution >= 0.6 is 11.8 Å². The number of hydrogen-bond acceptors (Lipinski definition) is 4. The standard InChI is InChI=1S/C20H28N2OS/c1-11-10-24-16-8-9-21-18(17(11)16)15-5-3-4-13-14-7-6-12(2)22-20(14)23-19(13)15/h8,11,13-14,17-18,20-21H,3-7,9-10H2,1-2H3/t11?,13-,14?,17-,18-,20?/m0/s1/i2D3. The van der Waals surface area contributed by atoms with E-state index in [2.05, 4.69) is 23.3 Å². The summed E-state index contributed by atoms with van der Waals surface area (Å²) in [7, 11) is 0. The lowest BCUT2D eigenvalue weighted by Gasteiger charge is -2.36. The summed E-state index contributed by atoms with van der Waals surface area (Å²) in [5, 5.41) is 3.76. The van der Waals surface area contributed by atoms with Gasteiger partial charge < -0.3 is 10.1 Å². The fraction of sp³-hybridized carbons (Fsp3) is 0.750. The fourth-order valence-electron chi connectivity index (χ4n) is 5.44. The van der Waals surface area contributed by atoms with Gasteiger partial charge in [-0.1, -0.05) is 13.0 Å². The number of thioether (sulfide) groups is 1. The molecule has 4 aliphatic heterocycles. The highest BCUT2D eigenvalue weighted by molar-refractivity contribution is 8.03. The zero-order valence-electron chi connectivity index (χ0n) is 17.3. The maximum atomic E-state index is 7.70. The van der Waals surface area contributed by atoms with Crippen molar-refractivity contribution in [3.63, 3.8) is 0 Å². The van der Waals surface area contributed by atoms with Crippen molar-refractivity contribution in [2.45, 2.75) is 58.1 Å². The molecule has 5 rings (SSSR count). The SMILES string of the molecule is [2H]C([2H])([2H])C1=NC2OC3=C([C@@H]4NCC=C5SCC(C)[C@@H]54)CCC[C@H]3C2CC1. The number of rotatable bonds is 1. The highest BCUT2D eigenvalue weighted by Crippen LogP contribution is 2.52. The van der Waals surface area contributed by atoms with Gasteiger partial charge in [0, 0.05) is 45.9 Å². The van der Waals surface area contributed by atoms with Crippen LogP contribution in [0.2, 0.25) is 0 Å². The van der Waals surface area contributed by atoms with Crippen molar-refractivity contribution in [1.29, 1.82) is 0 Å². The van der Waals surface area contributed by atoms with Gasteiger partial charge in [-0.25, -0.2) is 0 Å². The van der Waals surface area contributed by atoms with E-state index in [0.29, 0.717) is 41.8 Å². The quantitative estimate of drug-likeness (QED) is 0.774. The molecule has 1 aliphatic carbocycles. The number of nitrogens with zero attached hydrogens (tertiary/aromatic N) is 1. The Kier molecular flexibility index (Phi) is 3.10. The first kappa shape index (κ1) is 12.6. The molecule has 4 heteroatoms. The first-order valence-corrected chi connectivity index (χ1v) is 10.4. The Morgan fingerprint density at radius 2 is 2.33 bits per heavy atom. The van der Waals surface area contributed by atoms with Crippen LogP contribution in [0.15, 0.2) is 27.3 Å². The van der Waals surface area contributed by atoms with Crippen LogP contribution in [0.3, 0.4) is 0 Å². The van der Waals surface area contributed by atoms with E-state index >= 15 is 0 Å². The summed E-state index contributed by atoms with van der Waals surface area (Å²) in [5.41, 5.74) is 1.81. The van der Waals surface area contributed by atoms with Crippen molar-refractivity contribution in [2.24, 2.45) is 28.7 Å². The molecule has 0 amide bonds. The minimum atomic E-state index is -2.08. The van der Waals surface area contributed by atoms with Crippen LogP contribution in [0.4, 0.5) is 0 Å². The summed E-state index contributed by atoms with van der Waals surface area (Å²) >= 11 is 2.02. The minimum absolute atomic E-state index is 0.281. The van der Waals surface area contributed by atoms with E-state index in [1.165, 1.54) is 17.7 Å². The van der Waals surface area contributed by atoms with Gasteiger partial charge in [-0.05, 0) is 55.4 Å². The summed E-state index contributed by atoms with van der Waals surface area (Å²) in [5.74, 6) is 4.40. The molecule has 0 spiro atoms. The fourth-order valence-corrected chi connectivity index (χ4v) is 6.86. The van der Waals surface area contributed by atoms with Gasteiger partial charge in [0.15, 0.2) is 6.23 Å². The van der Waals surface area contributed by atoms with E-state index in [0.717, 1.165) is 31.6 Å². The van der Waals surface area contributed by atoms with E-state index in [-0.39, 0.29) is 6.23 Å². The molecule has 1 N–H and O–H groups in total. The van der Waals surface area contributed by atoms with Crippen LogP contribution in [-0.4, -0.2) is 30.3 Å². The maximum absolute atomic E-state index is 7.70. The third-order valence-corrected chi connectivity index (χ3v) is 8.04. The van der Waals surface area contributed by atoms with Crippen LogP contribution in [0.25, 0.3) is 0 Å². The van der Waals surface area contributed by atoms with E-state index < -0.39 is 6.85 Å². The molecule has 2 fully saturated rings. The van der Waals surface area contributed by atoms with Crippen molar-refractivity contribution in [2.75, 3.05) is 12.3 Å². The van der Waals surface area contributed by atoms with E-state index in [1.54, 1.807) is 4.91 Å². The maximum Gasteiger partial charge on any atom is 0.192 e. The molecular weight excluding hydrogens is 316 g/mol. The Morgan fingerprint density at radius 1 is 1.38 bits per heavy atom. The smallest absolute Gasteiger partial charge is 0.192 e. The van der Waals surface area contributed by atoms with Gasteiger partial charge in [-0.2, -0.15) is 0 Å². The van der Waals surface area contributed by atoms with Crippen LogP contribution in [0, 0.1) is 23.7 Å². The molecule has 0 saturated carbocycles. The Hall–Kier alpha value is -0.740. The second-order valence-corrected chi connectivity index (χ2v) is 9.07. The number of aliphatic imine (C=N–C) groups is 1. The number of fused-ring (bicyclic) bond motifs is 4. The van der Waals surface area contributed by atoms with E-state index in [4.69, 9.17) is 8.85 Å². The number of nitrogens with one attached hydrogen (secondary N) is 1. The predicted octanol–water partition coefficient (Wildman–Crippen LogP) is 4.12. The average molecular weight is 348 g/mol. The van der Waals surface area contributed by atoms with Gasteiger partial charge in [-0.3, -0.25) is 4.99 Å². The third kappa shape index (κ3) is 2.33. The zero-order chi connectivity index (χ0) is 18.8. The van der Waals surface area contributed by atoms with E-state index in [9.17, 15) is 0 Å². The summed E-state index contributed by atoms with van der Waals surface area (Å²) < 4.78 is 29.5.